The minimum absolute atomic E-state index is 0. The van der Waals surface area contributed by atoms with Gasteiger partial charge in [0.15, 0.2) is 0 Å². The molecule has 7 rings (SSSR count). The summed E-state index contributed by atoms with van der Waals surface area (Å²) in [4.78, 5) is 59.8. The van der Waals surface area contributed by atoms with Gasteiger partial charge in [-0.1, -0.05) is 58.6 Å². The molecule has 0 saturated carbocycles. The van der Waals surface area contributed by atoms with E-state index in [-0.39, 0.29) is 115 Å². The topological polar surface area (TPSA) is 146 Å². The number of likely N-dealkylation sites (tertiary alicyclic amines) is 2. The Hall–Kier alpha value is -3.40. The van der Waals surface area contributed by atoms with Crippen molar-refractivity contribution in [3.63, 3.8) is 0 Å². The number of H-pyrrole nitrogens is 2. The number of methoxy groups -OCH3 is 1. The molecule has 330 valence electrons. The van der Waals surface area contributed by atoms with Gasteiger partial charge < -0.3 is 34.6 Å². The van der Waals surface area contributed by atoms with Gasteiger partial charge in [-0.3, -0.25) is 9.59 Å². The molecule has 2 aromatic carbocycles. The van der Waals surface area contributed by atoms with Crippen molar-refractivity contribution in [3.8, 4) is 23.1 Å². The smallest absolute Gasteiger partial charge is 0.407 e. The summed E-state index contributed by atoms with van der Waals surface area (Å²) in [7, 11) is 1.29. The van der Waals surface area contributed by atoms with Crippen LogP contribution >= 0.6 is 67.5 Å². The van der Waals surface area contributed by atoms with E-state index in [0.29, 0.717) is 6.54 Å². The van der Waals surface area contributed by atoms with Gasteiger partial charge in [0.2, 0.25) is 11.8 Å². The third-order valence-electron chi connectivity index (χ3n) is 11.9. The van der Waals surface area contributed by atoms with E-state index in [4.69, 9.17) is 14.5 Å². The second-order valence-electron chi connectivity index (χ2n) is 16.2. The fraction of sp³-hybridized carbons (Fsp3) is 0.512. The number of aromatic nitrogens is 4. The molecular weight excluding hydrogens is 855 g/mol. The van der Waals surface area contributed by atoms with Gasteiger partial charge in [0.1, 0.15) is 17.7 Å². The van der Waals surface area contributed by atoms with E-state index in [1.807, 2.05) is 68.1 Å². The van der Waals surface area contributed by atoms with Gasteiger partial charge in [0.25, 0.3) is 0 Å². The number of nitrogens with zero attached hydrogens (tertiary/aromatic N) is 4. The maximum Gasteiger partial charge on any atom is 0.407 e. The number of ether oxygens (including phenoxy) is 2. The van der Waals surface area contributed by atoms with Crippen molar-refractivity contribution in [1.82, 2.24) is 35.1 Å². The Morgan fingerprint density at radius 2 is 1.52 bits per heavy atom. The average Bonchev–Trinajstić information content (AvgIpc) is 4.01. The Labute approximate surface area is 389 Å². The normalized spacial score (nSPS) is 18.8. The molecule has 0 unspecified atom stereocenters. The standard InChI is InChI=1S/C43H53N7O5.5H2S/c1-26(2)28(5)40(51)50-25-43(17-20-55-21-18-43)23-36(50)39-45-32-16-13-30(22-33(32)46-39)10-9-29-11-14-31(15-12-29)34-24-44-38(47-34)35-8-7-19-49(35)41(52)37(27(3)4)48-42(53)54-6;;;;;/h11-16,22,24,26-28,35-37H,7-8,17-21,23,25H2,1-6H3,(H,44,47)(H,45,46)(H,48,53);5*1H2/t28-,35-,36-,37-;;;;;/m0...../s1. The molecule has 3 N–H and O–H groups in total. The van der Waals surface area contributed by atoms with Crippen molar-refractivity contribution in [2.75, 3.05) is 33.4 Å². The van der Waals surface area contributed by atoms with Crippen molar-refractivity contribution < 1.29 is 23.9 Å². The van der Waals surface area contributed by atoms with E-state index in [2.05, 4.69) is 50.9 Å². The minimum atomic E-state index is -0.682. The van der Waals surface area contributed by atoms with Crippen LogP contribution in [-0.4, -0.2) is 87.1 Å². The van der Waals surface area contributed by atoms with Crippen LogP contribution in [0.4, 0.5) is 4.79 Å². The molecule has 5 heterocycles. The third-order valence-corrected chi connectivity index (χ3v) is 11.9. The number of carbonyl (C=O) groups is 3. The first-order valence-electron chi connectivity index (χ1n) is 19.7. The van der Waals surface area contributed by atoms with Crippen LogP contribution in [0, 0.1) is 35.0 Å². The summed E-state index contributed by atoms with van der Waals surface area (Å²) in [5.41, 5.74) is 5.40. The highest BCUT2D eigenvalue weighted by molar-refractivity contribution is 7.60. The average molecular weight is 918 g/mol. The zero-order valence-electron chi connectivity index (χ0n) is 35.3. The molecule has 3 fully saturated rings. The van der Waals surface area contributed by atoms with E-state index in [9.17, 15) is 14.4 Å². The van der Waals surface area contributed by atoms with Crippen molar-refractivity contribution in [3.05, 3.63) is 71.4 Å². The summed E-state index contributed by atoms with van der Waals surface area (Å²) < 4.78 is 10.5. The molecule has 3 aliphatic heterocycles. The van der Waals surface area contributed by atoms with Crippen LogP contribution in [0.3, 0.4) is 0 Å². The van der Waals surface area contributed by atoms with Crippen LogP contribution in [-0.2, 0) is 19.1 Å². The van der Waals surface area contributed by atoms with Gasteiger partial charge in [-0.25, -0.2) is 14.8 Å². The predicted molar refractivity (Wildman–Crippen MR) is 261 cm³/mol. The minimum Gasteiger partial charge on any atom is -0.453 e. The summed E-state index contributed by atoms with van der Waals surface area (Å²) in [6.07, 6.45) is 5.64. The molecule has 0 bridgehead atoms. The van der Waals surface area contributed by atoms with E-state index in [0.717, 1.165) is 96.9 Å². The molecule has 4 aromatic rings. The molecule has 3 aliphatic rings. The van der Waals surface area contributed by atoms with Crippen LogP contribution < -0.4 is 5.32 Å². The number of aromatic amines is 2. The first-order valence-corrected chi connectivity index (χ1v) is 19.7. The molecule has 4 atom stereocenters. The molecule has 2 aromatic heterocycles. The van der Waals surface area contributed by atoms with Gasteiger partial charge in [-0.2, -0.15) is 67.5 Å². The summed E-state index contributed by atoms with van der Waals surface area (Å²) in [5.74, 6) is 8.35. The first kappa shape index (κ1) is 52.7. The maximum absolute atomic E-state index is 13.8. The summed E-state index contributed by atoms with van der Waals surface area (Å²) >= 11 is 0. The fourth-order valence-electron chi connectivity index (χ4n) is 8.23. The predicted octanol–water partition coefficient (Wildman–Crippen LogP) is 7.32. The molecule has 0 aliphatic carbocycles. The highest BCUT2D eigenvalue weighted by Gasteiger charge is 2.49. The number of carbonyl (C=O) groups excluding carboxylic acids is 3. The van der Waals surface area contributed by atoms with Crippen LogP contribution in [0.1, 0.15) is 102 Å². The molecule has 3 amide bonds. The van der Waals surface area contributed by atoms with E-state index < -0.39 is 12.1 Å². The van der Waals surface area contributed by atoms with E-state index >= 15 is 0 Å². The van der Waals surface area contributed by atoms with Crippen LogP contribution in [0.5, 0.6) is 0 Å². The number of nitrogens with one attached hydrogen (secondary N) is 3. The lowest BCUT2D eigenvalue weighted by molar-refractivity contribution is -0.138. The monoisotopic (exact) mass is 917 g/mol. The van der Waals surface area contributed by atoms with Gasteiger partial charge >= 0.3 is 6.09 Å². The summed E-state index contributed by atoms with van der Waals surface area (Å²) in [6.45, 7) is 12.9. The Balaban J connectivity index is 0.00000248. The first-order chi connectivity index (χ1) is 26.4. The number of amides is 3. The number of benzene rings is 2. The van der Waals surface area contributed by atoms with E-state index in [1.165, 1.54) is 7.11 Å². The number of imidazole rings is 2. The molecule has 0 radical (unpaired) electrons. The lowest BCUT2D eigenvalue weighted by Crippen LogP contribution is -2.51. The second-order valence-corrected chi connectivity index (χ2v) is 16.2. The number of fused-ring (bicyclic) bond motifs is 1. The lowest BCUT2D eigenvalue weighted by Gasteiger charge is -2.33. The SMILES string of the molecule is COC(=O)N[C@H](C(=O)N1CCC[C@H]1c1ncc(-c2ccc(C#Cc3ccc4nc([C@@H]5CC6(CCOCC6)CN5C(=O)[C@@H](C)C(C)C)[nH]c4c3)cc2)[nH]1)C(C)C.S.S.S.S.S. The van der Waals surface area contributed by atoms with Crippen molar-refractivity contribution in [1.29, 1.82) is 0 Å². The summed E-state index contributed by atoms with van der Waals surface area (Å²) in [6, 6.07) is 13.1. The van der Waals surface area contributed by atoms with Crippen LogP contribution in [0.15, 0.2) is 48.7 Å². The Morgan fingerprint density at radius 3 is 2.17 bits per heavy atom. The van der Waals surface area contributed by atoms with Gasteiger partial charge in [-0.05, 0) is 85.3 Å². The van der Waals surface area contributed by atoms with Crippen molar-refractivity contribution >= 4 is 96.4 Å². The van der Waals surface area contributed by atoms with Crippen LogP contribution in [0.2, 0.25) is 0 Å². The zero-order chi connectivity index (χ0) is 38.9. The summed E-state index contributed by atoms with van der Waals surface area (Å²) in [5, 5.41) is 2.70. The number of alkyl carbamates (subject to hydrolysis) is 1. The number of hydrogen-bond acceptors (Lipinski definition) is 7. The highest BCUT2D eigenvalue weighted by atomic mass is 32.1. The molecule has 3 saturated heterocycles. The van der Waals surface area contributed by atoms with Gasteiger partial charge in [-0.15, -0.1) is 0 Å². The molecular formula is C43H63N7O5S5. The molecule has 60 heavy (non-hydrogen) atoms. The van der Waals surface area contributed by atoms with Crippen molar-refractivity contribution in [2.24, 2.45) is 23.2 Å². The molecule has 17 heteroatoms. The maximum atomic E-state index is 13.8. The van der Waals surface area contributed by atoms with Crippen LogP contribution in [0.25, 0.3) is 22.3 Å². The largest absolute Gasteiger partial charge is 0.453 e. The van der Waals surface area contributed by atoms with Gasteiger partial charge in [0.05, 0.1) is 42.1 Å². The molecule has 1 spiro atoms. The highest BCUT2D eigenvalue weighted by Crippen LogP contribution is 2.49. The third kappa shape index (κ3) is 11.3. The number of hydrogen-bond donors (Lipinski definition) is 3. The Kier molecular flexibility index (Phi) is 19.9. The zero-order valence-corrected chi connectivity index (χ0v) is 40.3. The van der Waals surface area contributed by atoms with Crippen molar-refractivity contribution in [2.45, 2.75) is 84.8 Å². The van der Waals surface area contributed by atoms with Gasteiger partial charge in [0, 0.05) is 43.3 Å². The quantitative estimate of drug-likeness (QED) is 0.157. The van der Waals surface area contributed by atoms with E-state index in [1.54, 1.807) is 6.20 Å². The second kappa shape index (κ2) is 22.6. The Bertz CT molecular complexity index is 2110. The Morgan fingerprint density at radius 1 is 0.850 bits per heavy atom. The molecule has 12 nitrogen and oxygen atoms in total. The fourth-order valence-corrected chi connectivity index (χ4v) is 8.23. The lowest BCUT2D eigenvalue weighted by atomic mass is 9.78. The number of rotatable bonds is 8.